The quantitative estimate of drug-likeness (QED) is 0.267. The molecule has 10 nitrogen and oxygen atoms in total. The average molecular weight is 524 g/mol. The van der Waals surface area contributed by atoms with E-state index in [2.05, 4.69) is 0 Å². The summed E-state index contributed by atoms with van der Waals surface area (Å²) >= 11 is 6.27. The van der Waals surface area contributed by atoms with Crippen molar-refractivity contribution in [3.05, 3.63) is 28.8 Å². The summed E-state index contributed by atoms with van der Waals surface area (Å²) in [6.07, 6.45) is -2.63. The summed E-state index contributed by atoms with van der Waals surface area (Å²) in [5.74, 6) is -4.96. The van der Waals surface area contributed by atoms with Crippen molar-refractivity contribution in [2.75, 3.05) is 18.1 Å². The first-order chi connectivity index (χ1) is 16.8. The van der Waals surface area contributed by atoms with E-state index in [1.165, 1.54) is 32.0 Å². The molecule has 196 valence electrons. The highest BCUT2D eigenvalue weighted by Crippen LogP contribution is 2.62. The molecule has 1 heterocycles. The van der Waals surface area contributed by atoms with E-state index in [9.17, 15) is 29.1 Å². The van der Waals surface area contributed by atoms with Gasteiger partial charge in [0.05, 0.1) is 25.0 Å². The van der Waals surface area contributed by atoms with Gasteiger partial charge in [-0.1, -0.05) is 11.6 Å². The van der Waals surface area contributed by atoms with Gasteiger partial charge in [0.2, 0.25) is 0 Å². The molecule has 1 aliphatic heterocycles. The average Bonchev–Trinajstić information content (AvgIpc) is 3.03. The molecule has 0 radical (unpaired) electrons. The molecule has 1 aromatic carbocycles. The van der Waals surface area contributed by atoms with Crippen molar-refractivity contribution in [3.63, 3.8) is 0 Å². The fourth-order valence-corrected chi connectivity index (χ4v) is 5.48. The first-order valence-electron chi connectivity index (χ1n) is 11.7. The lowest BCUT2D eigenvalue weighted by Gasteiger charge is -2.51. The molecule has 1 aliphatic carbocycles. The van der Waals surface area contributed by atoms with Crippen LogP contribution in [0.4, 0.5) is 10.5 Å². The van der Waals surface area contributed by atoms with Gasteiger partial charge in [-0.05, 0) is 71.2 Å². The third kappa shape index (κ3) is 3.87. The van der Waals surface area contributed by atoms with Crippen LogP contribution in [-0.2, 0) is 38.8 Å². The Morgan fingerprint density at radius 2 is 1.72 bits per heavy atom. The number of aldehydes is 1. The number of halogens is 1. The number of esters is 2. The Morgan fingerprint density at radius 3 is 2.22 bits per heavy atom. The second-order valence-electron chi connectivity index (χ2n) is 9.68. The number of rotatable bonds is 5. The Balaban J connectivity index is 2.47. The molecule has 2 amide bonds. The van der Waals surface area contributed by atoms with Gasteiger partial charge in [-0.3, -0.25) is 14.4 Å². The molecular weight excluding hydrogens is 494 g/mol. The molecule has 3 rings (SSSR count). The van der Waals surface area contributed by atoms with Crippen molar-refractivity contribution in [2.45, 2.75) is 64.6 Å². The summed E-state index contributed by atoms with van der Waals surface area (Å²) in [4.78, 5) is 68.2. The largest absolute Gasteiger partial charge is 0.465 e. The fraction of sp³-hybridized carbons (Fsp3) is 0.560. The lowest BCUT2D eigenvalue weighted by atomic mass is 9.48. The maximum absolute atomic E-state index is 14.4. The van der Waals surface area contributed by atoms with Crippen molar-refractivity contribution >= 4 is 47.5 Å². The molecular formula is C25H30ClNO9. The van der Waals surface area contributed by atoms with E-state index in [0.29, 0.717) is 11.2 Å². The van der Waals surface area contributed by atoms with Gasteiger partial charge in [0.1, 0.15) is 17.3 Å². The van der Waals surface area contributed by atoms with Gasteiger partial charge in [-0.25, -0.2) is 9.69 Å². The summed E-state index contributed by atoms with van der Waals surface area (Å²) in [6.45, 7) is 7.41. The Bertz CT molecular complexity index is 1080. The maximum atomic E-state index is 14.4. The molecule has 1 N–H and O–H groups in total. The van der Waals surface area contributed by atoms with Gasteiger partial charge in [-0.15, -0.1) is 0 Å². The molecule has 0 aromatic heterocycles. The van der Waals surface area contributed by atoms with Crippen LogP contribution < -0.4 is 4.90 Å². The number of hydrogen-bond donors (Lipinski definition) is 1. The summed E-state index contributed by atoms with van der Waals surface area (Å²) in [5, 5.41) is 11.6. The van der Waals surface area contributed by atoms with Crippen LogP contribution in [0.1, 0.15) is 53.0 Å². The fourth-order valence-electron chi connectivity index (χ4n) is 5.31. The number of amides is 2. The molecule has 0 saturated heterocycles. The van der Waals surface area contributed by atoms with Crippen LogP contribution in [0, 0.1) is 11.3 Å². The second kappa shape index (κ2) is 9.82. The zero-order valence-electron chi connectivity index (χ0n) is 20.8. The zero-order valence-corrected chi connectivity index (χ0v) is 21.6. The van der Waals surface area contributed by atoms with Crippen LogP contribution in [0.25, 0.3) is 0 Å². The number of fused-ring (bicyclic) bond motifs is 2. The number of ether oxygens (including phenoxy) is 3. The third-order valence-corrected chi connectivity index (χ3v) is 6.76. The van der Waals surface area contributed by atoms with Crippen LogP contribution in [0.2, 0.25) is 5.02 Å². The number of aliphatic hydroxyl groups excluding tert-OH is 1. The Labute approximate surface area is 213 Å². The number of carbonyl (C=O) groups is 5. The third-order valence-electron chi connectivity index (χ3n) is 6.53. The van der Waals surface area contributed by atoms with E-state index < -0.39 is 52.4 Å². The number of anilines is 1. The van der Waals surface area contributed by atoms with Gasteiger partial charge < -0.3 is 24.1 Å². The van der Waals surface area contributed by atoms with Crippen LogP contribution >= 0.6 is 11.6 Å². The lowest BCUT2D eigenvalue weighted by molar-refractivity contribution is -0.198. The van der Waals surface area contributed by atoms with E-state index >= 15 is 0 Å². The van der Waals surface area contributed by atoms with Crippen molar-refractivity contribution in [1.29, 1.82) is 0 Å². The van der Waals surface area contributed by atoms with Gasteiger partial charge in [0.25, 0.3) is 5.91 Å². The minimum absolute atomic E-state index is 0.0396. The molecule has 3 atom stereocenters. The number of carbonyl (C=O) groups excluding carboxylic acids is 5. The lowest BCUT2D eigenvalue weighted by Crippen LogP contribution is -2.71. The SMILES string of the molecule is CCOC(=O)C1(C(=O)OCC)[C@@H](C=O)CC[C@H](O)[C@]12C(=O)N(C(=O)OC(C)(C)C)c1ccc(Cl)cc12. The minimum atomic E-state index is -2.63. The Hall–Kier alpha value is -2.98. The van der Waals surface area contributed by atoms with Gasteiger partial charge in [0.15, 0.2) is 5.41 Å². The molecule has 11 heteroatoms. The van der Waals surface area contributed by atoms with Crippen LogP contribution in [0.3, 0.4) is 0 Å². The molecule has 0 unspecified atom stereocenters. The van der Waals surface area contributed by atoms with Crippen LogP contribution in [0.15, 0.2) is 18.2 Å². The Kier molecular flexibility index (Phi) is 7.53. The summed E-state index contributed by atoms with van der Waals surface area (Å²) in [5.41, 5.74) is -6.21. The normalized spacial score (nSPS) is 24.8. The number of benzene rings is 1. The predicted octanol–water partition coefficient (Wildman–Crippen LogP) is 2.94. The monoisotopic (exact) mass is 523 g/mol. The highest BCUT2D eigenvalue weighted by atomic mass is 35.5. The smallest absolute Gasteiger partial charge is 0.421 e. The minimum Gasteiger partial charge on any atom is -0.465 e. The number of hydrogen-bond acceptors (Lipinski definition) is 9. The predicted molar refractivity (Wildman–Crippen MR) is 127 cm³/mol. The molecule has 1 spiro atoms. The van der Waals surface area contributed by atoms with Crippen molar-refractivity contribution in [1.82, 2.24) is 0 Å². The van der Waals surface area contributed by atoms with Crippen LogP contribution in [-0.4, -0.2) is 60.3 Å². The maximum Gasteiger partial charge on any atom is 0.421 e. The molecule has 2 aliphatic rings. The highest BCUT2D eigenvalue weighted by Gasteiger charge is 2.79. The van der Waals surface area contributed by atoms with E-state index in [0.717, 1.165) is 0 Å². The summed E-state index contributed by atoms with van der Waals surface area (Å²) < 4.78 is 16.0. The first-order valence-corrected chi connectivity index (χ1v) is 12.1. The van der Waals surface area contributed by atoms with Gasteiger partial charge in [-0.2, -0.15) is 0 Å². The first kappa shape index (κ1) is 27.6. The van der Waals surface area contributed by atoms with Crippen molar-refractivity contribution < 1.29 is 43.3 Å². The molecule has 0 bridgehead atoms. The van der Waals surface area contributed by atoms with Crippen molar-refractivity contribution in [3.8, 4) is 0 Å². The Morgan fingerprint density at radius 1 is 1.14 bits per heavy atom. The van der Waals surface area contributed by atoms with E-state index in [1.54, 1.807) is 20.8 Å². The van der Waals surface area contributed by atoms with Gasteiger partial charge in [0, 0.05) is 10.9 Å². The van der Waals surface area contributed by atoms with E-state index in [-0.39, 0.29) is 42.3 Å². The van der Waals surface area contributed by atoms with E-state index in [4.69, 9.17) is 25.8 Å². The standard InChI is InChI=1S/C25H30ClNO9/c1-6-34-20(31)24(21(32)35-7-2)14(13-28)8-11-18(29)25(24)16-12-15(26)9-10-17(16)27(19(25)30)22(33)36-23(3,4)5/h9-10,12-14,18,29H,6-8,11H2,1-5H3/t14-,18+,25-/m1/s1. The topological polar surface area (TPSA) is 137 Å². The summed E-state index contributed by atoms with van der Waals surface area (Å²) in [6, 6.07) is 4.06. The number of aliphatic hydroxyl groups is 1. The van der Waals surface area contributed by atoms with Crippen molar-refractivity contribution in [2.24, 2.45) is 11.3 Å². The van der Waals surface area contributed by atoms with Crippen LogP contribution in [0.5, 0.6) is 0 Å². The number of imide groups is 1. The molecule has 36 heavy (non-hydrogen) atoms. The zero-order chi connectivity index (χ0) is 27.1. The molecule has 1 saturated carbocycles. The molecule has 1 aromatic rings. The highest BCUT2D eigenvalue weighted by molar-refractivity contribution is 6.32. The van der Waals surface area contributed by atoms with E-state index in [1.807, 2.05) is 0 Å². The van der Waals surface area contributed by atoms with Gasteiger partial charge >= 0.3 is 18.0 Å². The molecule has 1 fully saturated rings. The summed E-state index contributed by atoms with van der Waals surface area (Å²) in [7, 11) is 0. The number of nitrogens with zero attached hydrogens (tertiary/aromatic N) is 1. The second-order valence-corrected chi connectivity index (χ2v) is 10.1.